The van der Waals surface area contributed by atoms with Gasteiger partial charge in [0.15, 0.2) is 0 Å². The highest BCUT2D eigenvalue weighted by Crippen LogP contribution is 2.36. The Morgan fingerprint density at radius 1 is 1.24 bits per heavy atom. The fourth-order valence-corrected chi connectivity index (χ4v) is 4.30. The number of amides is 1. The minimum absolute atomic E-state index is 0. The standard InChI is InChI=1S/C18H22N4O2.ClH/c1-10(16-13-4-2-3-5-14(13)17(23)21-20-16)18(24)22-8-11-6-7-12(9-22)15(11)19;/h2-5,10-12,15H,6-9,19H2,1H3,(H,21,23);1H/t10?,11-,12+,15?;. The molecule has 4 atom stereocenters. The molecule has 7 heteroatoms. The fourth-order valence-electron chi connectivity index (χ4n) is 4.30. The number of likely N-dealkylation sites (tertiary alicyclic amines) is 1. The number of hydrogen-bond donors (Lipinski definition) is 2. The lowest BCUT2D eigenvalue weighted by molar-refractivity contribution is -0.134. The maximum absolute atomic E-state index is 13.0. The summed E-state index contributed by atoms with van der Waals surface area (Å²) >= 11 is 0. The normalized spacial score (nSPS) is 26.3. The van der Waals surface area contributed by atoms with Gasteiger partial charge in [0.25, 0.3) is 5.56 Å². The summed E-state index contributed by atoms with van der Waals surface area (Å²) in [5, 5.41) is 8.02. The Kier molecular flexibility index (Phi) is 4.84. The predicted molar refractivity (Wildman–Crippen MR) is 98.8 cm³/mol. The smallest absolute Gasteiger partial charge is 0.272 e. The van der Waals surface area contributed by atoms with Crippen molar-refractivity contribution < 1.29 is 4.79 Å². The number of halogens is 1. The first-order chi connectivity index (χ1) is 11.6. The topological polar surface area (TPSA) is 92.1 Å². The van der Waals surface area contributed by atoms with Crippen LogP contribution in [0.4, 0.5) is 0 Å². The van der Waals surface area contributed by atoms with Crippen LogP contribution in [-0.4, -0.2) is 40.1 Å². The highest BCUT2D eigenvalue weighted by atomic mass is 35.5. The number of nitrogens with two attached hydrogens (primary N) is 1. The number of carbonyl (C=O) groups is 1. The van der Waals surface area contributed by atoms with Crippen molar-refractivity contribution in [3.63, 3.8) is 0 Å². The summed E-state index contributed by atoms with van der Waals surface area (Å²) in [5.74, 6) is 0.518. The Morgan fingerprint density at radius 2 is 1.84 bits per heavy atom. The molecule has 2 aromatic rings. The Bertz CT molecular complexity index is 838. The maximum atomic E-state index is 13.0. The van der Waals surface area contributed by atoms with Crippen molar-refractivity contribution in [2.75, 3.05) is 13.1 Å². The second-order valence-corrected chi connectivity index (χ2v) is 7.12. The van der Waals surface area contributed by atoms with Crippen LogP contribution in [-0.2, 0) is 4.79 Å². The van der Waals surface area contributed by atoms with Crippen LogP contribution in [0.5, 0.6) is 0 Å². The molecule has 1 saturated carbocycles. The van der Waals surface area contributed by atoms with Crippen LogP contribution in [0.25, 0.3) is 10.8 Å². The van der Waals surface area contributed by atoms with Crippen molar-refractivity contribution in [1.29, 1.82) is 0 Å². The monoisotopic (exact) mass is 362 g/mol. The molecule has 1 aliphatic carbocycles. The molecule has 2 aliphatic rings. The van der Waals surface area contributed by atoms with Crippen molar-refractivity contribution >= 4 is 29.1 Å². The van der Waals surface area contributed by atoms with Gasteiger partial charge in [-0.15, -0.1) is 12.4 Å². The minimum Gasteiger partial charge on any atom is -0.341 e. The van der Waals surface area contributed by atoms with Crippen molar-refractivity contribution in [3.05, 3.63) is 40.3 Å². The van der Waals surface area contributed by atoms with E-state index >= 15 is 0 Å². The van der Waals surface area contributed by atoms with Gasteiger partial charge in [-0.2, -0.15) is 5.10 Å². The van der Waals surface area contributed by atoms with Gasteiger partial charge in [-0.05, 0) is 37.7 Å². The fraction of sp³-hybridized carbons (Fsp3) is 0.500. The Hall–Kier alpha value is -1.92. The molecule has 2 unspecified atom stereocenters. The summed E-state index contributed by atoms with van der Waals surface area (Å²) in [7, 11) is 0. The molecule has 2 fully saturated rings. The van der Waals surface area contributed by atoms with Crippen molar-refractivity contribution in [2.45, 2.75) is 31.7 Å². The summed E-state index contributed by atoms with van der Waals surface area (Å²) in [5.41, 5.74) is 6.65. The summed E-state index contributed by atoms with van der Waals surface area (Å²) in [6, 6.07) is 7.53. The van der Waals surface area contributed by atoms with E-state index < -0.39 is 0 Å². The number of hydrogen-bond acceptors (Lipinski definition) is 4. The molecule has 25 heavy (non-hydrogen) atoms. The van der Waals surface area contributed by atoms with Gasteiger partial charge in [-0.3, -0.25) is 9.59 Å². The first kappa shape index (κ1) is 17.9. The van der Waals surface area contributed by atoms with Gasteiger partial charge < -0.3 is 10.6 Å². The highest BCUT2D eigenvalue weighted by molar-refractivity contribution is 5.91. The van der Waals surface area contributed by atoms with E-state index in [0.717, 1.165) is 31.3 Å². The Morgan fingerprint density at radius 3 is 2.48 bits per heavy atom. The lowest BCUT2D eigenvalue weighted by Gasteiger charge is -2.37. The molecular formula is C18H23ClN4O2. The minimum atomic E-state index is -0.388. The van der Waals surface area contributed by atoms with Crippen molar-refractivity contribution in [3.8, 4) is 0 Å². The molecule has 1 aromatic heterocycles. The van der Waals surface area contributed by atoms with E-state index in [1.54, 1.807) is 6.07 Å². The van der Waals surface area contributed by atoms with Gasteiger partial charge in [0.05, 0.1) is 17.0 Å². The molecule has 6 nitrogen and oxygen atoms in total. The number of aromatic nitrogens is 2. The number of carbonyl (C=O) groups excluding carboxylic acids is 1. The van der Waals surface area contributed by atoms with Crippen LogP contribution in [0.3, 0.4) is 0 Å². The number of benzene rings is 1. The number of fused-ring (bicyclic) bond motifs is 3. The number of H-pyrrole nitrogens is 1. The third-order valence-corrected chi connectivity index (χ3v) is 5.72. The van der Waals surface area contributed by atoms with E-state index in [4.69, 9.17) is 5.73 Å². The summed E-state index contributed by atoms with van der Waals surface area (Å²) in [6.45, 7) is 3.34. The number of rotatable bonds is 2. The lowest BCUT2D eigenvalue weighted by Crippen LogP contribution is -2.51. The third-order valence-electron chi connectivity index (χ3n) is 5.72. The van der Waals surface area contributed by atoms with Crippen LogP contribution in [0, 0.1) is 11.8 Å². The quantitative estimate of drug-likeness (QED) is 0.849. The van der Waals surface area contributed by atoms with E-state index in [1.807, 2.05) is 30.0 Å². The second kappa shape index (κ2) is 6.77. The molecule has 1 aliphatic heterocycles. The zero-order valence-corrected chi connectivity index (χ0v) is 15.0. The molecule has 1 saturated heterocycles. The molecule has 4 rings (SSSR count). The van der Waals surface area contributed by atoms with Crippen LogP contribution in [0.1, 0.15) is 31.4 Å². The highest BCUT2D eigenvalue weighted by Gasteiger charge is 2.42. The Labute approximate surface area is 152 Å². The van der Waals surface area contributed by atoms with Crippen LogP contribution >= 0.6 is 12.4 Å². The van der Waals surface area contributed by atoms with Crippen LogP contribution in [0.15, 0.2) is 29.1 Å². The van der Waals surface area contributed by atoms with Gasteiger partial charge in [-0.25, -0.2) is 5.10 Å². The van der Waals surface area contributed by atoms with E-state index in [-0.39, 0.29) is 35.8 Å². The third kappa shape index (κ3) is 2.93. The summed E-state index contributed by atoms with van der Waals surface area (Å²) in [4.78, 5) is 26.9. The molecular weight excluding hydrogens is 340 g/mol. The molecule has 0 radical (unpaired) electrons. The van der Waals surface area contributed by atoms with E-state index in [1.165, 1.54) is 0 Å². The summed E-state index contributed by atoms with van der Waals surface area (Å²) < 4.78 is 0. The number of nitrogens with one attached hydrogen (secondary N) is 1. The first-order valence-electron chi connectivity index (χ1n) is 8.58. The Balaban J connectivity index is 0.00000182. The molecule has 2 heterocycles. The van der Waals surface area contributed by atoms with Crippen LogP contribution in [0.2, 0.25) is 0 Å². The maximum Gasteiger partial charge on any atom is 0.272 e. The lowest BCUT2D eigenvalue weighted by atomic mass is 9.91. The van der Waals surface area contributed by atoms with Crippen LogP contribution < -0.4 is 11.3 Å². The second-order valence-electron chi connectivity index (χ2n) is 7.12. The zero-order chi connectivity index (χ0) is 16.8. The van der Waals surface area contributed by atoms with Gasteiger partial charge in [0.2, 0.25) is 5.91 Å². The van der Waals surface area contributed by atoms with E-state index in [2.05, 4.69) is 10.2 Å². The van der Waals surface area contributed by atoms with Gasteiger partial charge >= 0.3 is 0 Å². The van der Waals surface area contributed by atoms with Crippen molar-refractivity contribution in [1.82, 2.24) is 15.1 Å². The SMILES string of the molecule is CC(C(=O)N1C[C@H]2CC[C@@H](C1)C2N)c1n[nH]c(=O)c2ccccc12.Cl. The molecule has 1 amide bonds. The largest absolute Gasteiger partial charge is 0.341 e. The molecule has 0 spiro atoms. The average Bonchev–Trinajstić information content (AvgIpc) is 2.82. The molecule has 2 bridgehead atoms. The van der Waals surface area contributed by atoms with E-state index in [0.29, 0.717) is 22.9 Å². The molecule has 3 N–H and O–H groups in total. The zero-order valence-electron chi connectivity index (χ0n) is 14.1. The average molecular weight is 363 g/mol. The number of piperidine rings is 1. The van der Waals surface area contributed by atoms with Gasteiger partial charge in [0, 0.05) is 24.5 Å². The first-order valence-corrected chi connectivity index (χ1v) is 8.58. The molecule has 1 aromatic carbocycles. The van der Waals surface area contributed by atoms with Crippen molar-refractivity contribution in [2.24, 2.45) is 17.6 Å². The summed E-state index contributed by atoms with van der Waals surface area (Å²) in [6.07, 6.45) is 2.23. The van der Waals surface area contributed by atoms with E-state index in [9.17, 15) is 9.59 Å². The molecule has 134 valence electrons. The van der Waals surface area contributed by atoms with Gasteiger partial charge in [0.1, 0.15) is 0 Å². The number of aromatic amines is 1. The van der Waals surface area contributed by atoms with Gasteiger partial charge in [-0.1, -0.05) is 18.2 Å². The predicted octanol–water partition coefficient (Wildman–Crippen LogP) is 1.64. The number of nitrogens with zero attached hydrogens (tertiary/aromatic N) is 2.